The Morgan fingerprint density at radius 3 is 1.73 bits per heavy atom. The van der Waals surface area contributed by atoms with Crippen molar-refractivity contribution in [1.29, 1.82) is 0 Å². The van der Waals surface area contributed by atoms with Crippen molar-refractivity contribution < 1.29 is 74.7 Å². The smallest absolute Gasteiger partial charge is 0.187 e. The van der Waals surface area contributed by atoms with E-state index in [1.54, 1.807) is 0 Å². The molecule has 0 aliphatic carbocycles. The van der Waals surface area contributed by atoms with Crippen LogP contribution in [-0.2, 0) is 23.7 Å². The second-order valence-electron chi connectivity index (χ2n) is 8.32. The molecule has 0 radical (unpaired) electrons. The summed E-state index contributed by atoms with van der Waals surface area (Å²) < 4.78 is 26.9. The molecule has 0 aromatic carbocycles. The van der Waals surface area contributed by atoms with Gasteiger partial charge in [0.15, 0.2) is 18.9 Å². The predicted molar refractivity (Wildman–Crippen MR) is 99.8 cm³/mol. The second kappa shape index (κ2) is 11.0. The van der Waals surface area contributed by atoms with Crippen LogP contribution in [0.4, 0.5) is 0 Å². The molecule has 15 heteroatoms. The van der Waals surface area contributed by atoms with Crippen LogP contribution in [0.3, 0.4) is 0 Å². The van der Waals surface area contributed by atoms with Crippen LogP contribution in [0.5, 0.6) is 0 Å². The summed E-state index contributed by atoms with van der Waals surface area (Å²) in [6.07, 6.45) is -24.1. The summed E-state index contributed by atoms with van der Waals surface area (Å²) in [5, 5.41) is 99.8. The quantitative estimate of drug-likeness (QED) is 0.167. The van der Waals surface area contributed by atoms with Crippen LogP contribution in [0.1, 0.15) is 6.92 Å². The first-order valence-corrected chi connectivity index (χ1v) is 10.4. The molecular formula is C18H32O15. The van der Waals surface area contributed by atoms with E-state index in [4.69, 9.17) is 23.7 Å². The van der Waals surface area contributed by atoms with Crippen LogP contribution in [0.25, 0.3) is 0 Å². The maximum atomic E-state index is 10.6. The Morgan fingerprint density at radius 1 is 0.545 bits per heavy atom. The topological polar surface area (TPSA) is 248 Å². The summed E-state index contributed by atoms with van der Waals surface area (Å²) in [5.41, 5.74) is 0. The molecule has 3 fully saturated rings. The zero-order valence-electron chi connectivity index (χ0n) is 17.6. The van der Waals surface area contributed by atoms with Crippen LogP contribution in [0.2, 0.25) is 0 Å². The van der Waals surface area contributed by atoms with Crippen LogP contribution in [0.15, 0.2) is 0 Å². The third-order valence-corrected chi connectivity index (χ3v) is 6.05. The number of aliphatic hydroxyl groups excluding tert-OH is 10. The minimum absolute atomic E-state index is 0.760. The van der Waals surface area contributed by atoms with Crippen molar-refractivity contribution in [1.82, 2.24) is 0 Å². The molecule has 33 heavy (non-hydrogen) atoms. The van der Waals surface area contributed by atoms with Crippen LogP contribution in [0, 0.1) is 0 Å². The molecule has 0 aromatic heterocycles. The third-order valence-electron chi connectivity index (χ3n) is 6.05. The van der Waals surface area contributed by atoms with Gasteiger partial charge in [-0.15, -0.1) is 0 Å². The lowest BCUT2D eigenvalue weighted by molar-refractivity contribution is -0.385. The van der Waals surface area contributed by atoms with Gasteiger partial charge in [-0.05, 0) is 6.92 Å². The maximum Gasteiger partial charge on any atom is 0.187 e. The second-order valence-corrected chi connectivity index (χ2v) is 8.32. The van der Waals surface area contributed by atoms with Gasteiger partial charge < -0.3 is 74.7 Å². The third kappa shape index (κ3) is 5.32. The van der Waals surface area contributed by atoms with Gasteiger partial charge in [0.2, 0.25) is 0 Å². The van der Waals surface area contributed by atoms with E-state index in [0.717, 1.165) is 0 Å². The van der Waals surface area contributed by atoms with E-state index in [1.807, 2.05) is 0 Å². The normalized spacial score (nSPS) is 53.7. The predicted octanol–water partition coefficient (Wildman–Crippen LogP) is -6.55. The molecule has 194 valence electrons. The van der Waals surface area contributed by atoms with Crippen LogP contribution in [-0.4, -0.2) is 156 Å². The average Bonchev–Trinajstić information content (AvgIpc) is 2.80. The Hall–Kier alpha value is -0.600. The molecular weight excluding hydrogens is 456 g/mol. The molecule has 0 bridgehead atoms. The summed E-state index contributed by atoms with van der Waals surface area (Å²) >= 11 is 0. The summed E-state index contributed by atoms with van der Waals surface area (Å²) in [5.74, 6) is 0. The SMILES string of the molecule is C[C@@H]1O[C@@H](O[C@H]2[C@@H](O[C@H]3[C@H](O)[C@@H](O)[C@@H](O)O[C@@H]3CO)O[C@H](CO)[C@H](O)[C@@H]2O)[C@@H](O)[C@H](O)[C@@H]1O. The highest BCUT2D eigenvalue weighted by Gasteiger charge is 2.53. The molecule has 0 saturated carbocycles. The summed E-state index contributed by atoms with van der Waals surface area (Å²) in [6.45, 7) is -0.128. The van der Waals surface area contributed by atoms with Crippen molar-refractivity contribution in [2.45, 2.75) is 99.0 Å². The molecule has 0 spiro atoms. The van der Waals surface area contributed by atoms with Gasteiger partial charge in [-0.2, -0.15) is 0 Å². The molecule has 15 nitrogen and oxygen atoms in total. The zero-order valence-corrected chi connectivity index (χ0v) is 17.6. The van der Waals surface area contributed by atoms with E-state index < -0.39 is 105 Å². The molecule has 0 unspecified atom stereocenters. The highest BCUT2D eigenvalue weighted by molar-refractivity contribution is 4.95. The highest BCUT2D eigenvalue weighted by atomic mass is 16.8. The number of rotatable bonds is 6. The van der Waals surface area contributed by atoms with Gasteiger partial charge in [0.1, 0.15) is 67.1 Å². The standard InChI is InChI=1S/C18H32O15/c1-4-7(21)9(23)13(27)17(29-4)33-15-10(24)8(22)5(2-19)31-18(15)32-14-6(3-20)30-16(28)12(26)11(14)25/h4-28H,2-3H2,1H3/t4-,5+,6+,7+,8-,9+,10-,11+,12+,13-,14+,15+,16-,17-,18+/m0/s1. The molecule has 15 atom stereocenters. The molecule has 3 aliphatic rings. The average molecular weight is 488 g/mol. The van der Waals surface area contributed by atoms with E-state index in [0.29, 0.717) is 0 Å². The van der Waals surface area contributed by atoms with Gasteiger partial charge in [-0.1, -0.05) is 0 Å². The van der Waals surface area contributed by atoms with Gasteiger partial charge in [0.05, 0.1) is 19.3 Å². The fourth-order valence-corrected chi connectivity index (χ4v) is 3.98. The van der Waals surface area contributed by atoms with E-state index >= 15 is 0 Å². The van der Waals surface area contributed by atoms with E-state index in [1.165, 1.54) is 6.92 Å². The molecule has 0 aromatic rings. The number of hydrogen-bond donors (Lipinski definition) is 10. The Labute approximate surface area is 187 Å². The van der Waals surface area contributed by atoms with Gasteiger partial charge >= 0.3 is 0 Å². The van der Waals surface area contributed by atoms with Crippen molar-refractivity contribution >= 4 is 0 Å². The first-order chi connectivity index (χ1) is 15.5. The van der Waals surface area contributed by atoms with Crippen molar-refractivity contribution in [3.05, 3.63) is 0 Å². The molecule has 10 N–H and O–H groups in total. The van der Waals surface area contributed by atoms with Gasteiger partial charge in [0, 0.05) is 0 Å². The fraction of sp³-hybridized carbons (Fsp3) is 1.00. The minimum Gasteiger partial charge on any atom is -0.394 e. The Morgan fingerprint density at radius 2 is 1.12 bits per heavy atom. The molecule has 3 heterocycles. The highest BCUT2D eigenvalue weighted by Crippen LogP contribution is 2.32. The Bertz CT molecular complexity index is 624. The molecule has 3 rings (SSSR count). The van der Waals surface area contributed by atoms with Crippen molar-refractivity contribution in [3.8, 4) is 0 Å². The number of ether oxygens (including phenoxy) is 5. The molecule has 3 saturated heterocycles. The lowest BCUT2D eigenvalue weighted by Crippen LogP contribution is -2.66. The summed E-state index contributed by atoms with van der Waals surface area (Å²) in [6, 6.07) is 0. The van der Waals surface area contributed by atoms with E-state index in [-0.39, 0.29) is 0 Å². The van der Waals surface area contributed by atoms with Crippen LogP contribution >= 0.6 is 0 Å². The monoisotopic (exact) mass is 488 g/mol. The number of aliphatic hydroxyl groups is 10. The van der Waals surface area contributed by atoms with Gasteiger partial charge in [0.25, 0.3) is 0 Å². The summed E-state index contributed by atoms with van der Waals surface area (Å²) in [7, 11) is 0. The first-order valence-electron chi connectivity index (χ1n) is 10.4. The lowest BCUT2D eigenvalue weighted by atomic mass is 9.96. The maximum absolute atomic E-state index is 10.6. The Kier molecular flexibility index (Phi) is 8.99. The van der Waals surface area contributed by atoms with Crippen LogP contribution < -0.4 is 0 Å². The largest absolute Gasteiger partial charge is 0.394 e. The molecule has 3 aliphatic heterocycles. The van der Waals surface area contributed by atoms with Gasteiger partial charge in [-0.3, -0.25) is 0 Å². The van der Waals surface area contributed by atoms with Crippen molar-refractivity contribution in [3.63, 3.8) is 0 Å². The number of hydrogen-bond acceptors (Lipinski definition) is 15. The van der Waals surface area contributed by atoms with E-state index in [2.05, 4.69) is 0 Å². The lowest BCUT2D eigenvalue weighted by Gasteiger charge is -2.48. The van der Waals surface area contributed by atoms with Crippen molar-refractivity contribution in [2.24, 2.45) is 0 Å². The molecule has 0 amide bonds. The first kappa shape index (κ1) is 27.0. The fourth-order valence-electron chi connectivity index (χ4n) is 3.98. The zero-order chi connectivity index (χ0) is 24.6. The van der Waals surface area contributed by atoms with Gasteiger partial charge in [-0.25, -0.2) is 0 Å². The minimum atomic E-state index is -1.83. The Balaban J connectivity index is 1.83. The summed E-state index contributed by atoms with van der Waals surface area (Å²) in [4.78, 5) is 0. The van der Waals surface area contributed by atoms with E-state index in [9.17, 15) is 51.1 Å². The van der Waals surface area contributed by atoms with Crippen molar-refractivity contribution in [2.75, 3.05) is 13.2 Å².